The van der Waals surface area contributed by atoms with Crippen LogP contribution >= 0.6 is 0 Å². The minimum Gasteiger partial charge on any atom is -0.466 e. The summed E-state index contributed by atoms with van der Waals surface area (Å²) in [4.78, 5) is 11.2. The molecule has 0 fully saturated rings. The Morgan fingerprint density at radius 1 is 1.77 bits per heavy atom. The second-order valence-electron chi connectivity index (χ2n) is 3.70. The van der Waals surface area contributed by atoms with Crippen LogP contribution in [0.5, 0.6) is 0 Å². The Kier molecular flexibility index (Phi) is 4.55. The molecule has 0 aliphatic heterocycles. The predicted molar refractivity (Wildman–Crippen MR) is 55.2 cm³/mol. The summed E-state index contributed by atoms with van der Waals surface area (Å²) in [5, 5.41) is 0. The highest BCUT2D eigenvalue weighted by molar-refractivity contribution is 6.21. The van der Waals surface area contributed by atoms with E-state index in [0.29, 0.717) is 18.9 Å². The summed E-state index contributed by atoms with van der Waals surface area (Å²) in [5.74, 6) is 0.509. The maximum Gasteiger partial charge on any atom is 0.306 e. The van der Waals surface area contributed by atoms with E-state index in [4.69, 9.17) is 4.74 Å². The minimum absolute atomic E-state index is 0.0299. The van der Waals surface area contributed by atoms with Gasteiger partial charge in [0.15, 0.2) is 0 Å². The van der Waals surface area contributed by atoms with Crippen LogP contribution < -0.4 is 0 Å². The van der Waals surface area contributed by atoms with Crippen LogP contribution in [0.2, 0.25) is 0 Å². The van der Waals surface area contributed by atoms with Crippen molar-refractivity contribution < 1.29 is 9.53 Å². The van der Waals surface area contributed by atoms with E-state index in [1.54, 1.807) is 4.44 Å². The van der Waals surface area contributed by atoms with Crippen LogP contribution in [0.25, 0.3) is 0 Å². The zero-order chi connectivity index (χ0) is 9.68. The fourth-order valence-electron chi connectivity index (χ4n) is 1.66. The first-order valence-corrected chi connectivity index (χ1v) is 6.03. The van der Waals surface area contributed by atoms with E-state index in [9.17, 15) is 4.79 Å². The Bertz CT molecular complexity index is 211. The van der Waals surface area contributed by atoms with E-state index in [2.05, 4.69) is 6.08 Å². The van der Waals surface area contributed by atoms with E-state index >= 15 is 0 Å². The largest absolute Gasteiger partial charge is 0.466 e. The smallest absolute Gasteiger partial charge is 0.306 e. The van der Waals surface area contributed by atoms with Gasteiger partial charge in [-0.3, -0.25) is 4.79 Å². The van der Waals surface area contributed by atoms with Gasteiger partial charge in [0.1, 0.15) is 0 Å². The molecular formula is C10H17AlO2. The van der Waals surface area contributed by atoms with E-state index in [1.165, 1.54) is 29.1 Å². The molecule has 1 rings (SSSR count). The number of carbonyl (C=O) groups excluding carboxylic acids is 1. The zero-order valence-corrected chi connectivity index (χ0v) is 10.5. The predicted octanol–water partition coefficient (Wildman–Crippen LogP) is 1.26. The lowest BCUT2D eigenvalue weighted by Crippen LogP contribution is -2.13. The highest BCUT2D eigenvalue weighted by Crippen LogP contribution is 2.24. The molecule has 1 aliphatic rings. The lowest BCUT2D eigenvalue weighted by atomic mass is 9.91. The molecule has 0 aromatic carbocycles. The van der Waals surface area contributed by atoms with Gasteiger partial charge in [-0.15, -0.1) is 10.5 Å². The molecule has 0 amide bonds. The molecule has 0 spiro atoms. The topological polar surface area (TPSA) is 26.3 Å². The number of hydrogen-bond acceptors (Lipinski definition) is 2. The average molecular weight is 196 g/mol. The number of allylic oxidation sites excluding steroid dienone is 2. The summed E-state index contributed by atoms with van der Waals surface area (Å²) >= 11 is 1.19. The van der Waals surface area contributed by atoms with Crippen LogP contribution in [-0.2, 0) is 9.53 Å². The van der Waals surface area contributed by atoms with Crippen molar-refractivity contribution in [2.24, 2.45) is 5.92 Å². The number of ether oxygens (including phenoxy) is 1. The van der Waals surface area contributed by atoms with Crippen LogP contribution in [-0.4, -0.2) is 28.9 Å². The Balaban J connectivity index is 2.27. The standard InChI is InChI=1S/C10H15O2.Al.2H/c1-2-12-10(11)8-9-6-4-3-5-7-9;;;/h4,9H,2,5-8H2,1H3;;;. The molecule has 1 aliphatic carbocycles. The first kappa shape index (κ1) is 10.8. The van der Waals surface area contributed by atoms with E-state index in [1.807, 2.05) is 6.92 Å². The van der Waals surface area contributed by atoms with E-state index in [-0.39, 0.29) is 5.97 Å². The molecule has 0 bridgehead atoms. The van der Waals surface area contributed by atoms with Crippen molar-refractivity contribution in [3.63, 3.8) is 0 Å². The molecule has 1 atom stereocenters. The Morgan fingerprint density at radius 3 is 3.08 bits per heavy atom. The average Bonchev–Trinajstić information content (AvgIpc) is 2.09. The van der Waals surface area contributed by atoms with Gasteiger partial charge >= 0.3 is 5.97 Å². The molecule has 13 heavy (non-hydrogen) atoms. The third-order valence-corrected chi connectivity index (χ3v) is 3.42. The molecule has 0 saturated heterocycles. The van der Waals surface area contributed by atoms with E-state index in [0.717, 1.165) is 6.42 Å². The van der Waals surface area contributed by atoms with Crippen LogP contribution in [0.15, 0.2) is 10.5 Å². The summed E-state index contributed by atoms with van der Waals surface area (Å²) < 4.78 is 6.52. The second kappa shape index (κ2) is 5.47. The zero-order valence-electron chi connectivity index (χ0n) is 8.51. The van der Waals surface area contributed by atoms with Gasteiger partial charge in [-0.25, -0.2) is 0 Å². The summed E-state index contributed by atoms with van der Waals surface area (Å²) in [6.07, 6.45) is 6.38. The van der Waals surface area contributed by atoms with Crippen molar-refractivity contribution in [2.75, 3.05) is 6.61 Å². The van der Waals surface area contributed by atoms with Gasteiger partial charge in [-0.2, -0.15) is 0 Å². The van der Waals surface area contributed by atoms with Crippen LogP contribution in [0.1, 0.15) is 32.6 Å². The lowest BCUT2D eigenvalue weighted by molar-refractivity contribution is -0.144. The van der Waals surface area contributed by atoms with Gasteiger partial charge in [0.25, 0.3) is 16.3 Å². The molecule has 0 aromatic heterocycles. The van der Waals surface area contributed by atoms with Crippen LogP contribution in [0, 0.1) is 5.92 Å². The fraction of sp³-hybridized carbons (Fsp3) is 0.700. The first-order valence-electron chi connectivity index (χ1n) is 5.03. The summed E-state index contributed by atoms with van der Waals surface area (Å²) in [7, 11) is 0. The van der Waals surface area contributed by atoms with Crippen molar-refractivity contribution >= 4 is 22.3 Å². The third kappa shape index (κ3) is 3.98. The molecule has 0 heterocycles. The summed E-state index contributed by atoms with van der Waals surface area (Å²) in [6.45, 7) is 2.36. The van der Waals surface area contributed by atoms with Gasteiger partial charge < -0.3 is 4.74 Å². The molecule has 0 aromatic rings. The Morgan fingerprint density at radius 2 is 2.54 bits per heavy atom. The highest BCUT2D eigenvalue weighted by atomic mass is 27.0. The quantitative estimate of drug-likeness (QED) is 0.501. The third-order valence-electron chi connectivity index (χ3n) is 2.51. The van der Waals surface area contributed by atoms with Crippen molar-refractivity contribution in [1.29, 1.82) is 0 Å². The molecule has 0 N–H and O–H groups in total. The number of hydrogen-bond donors (Lipinski definition) is 0. The van der Waals surface area contributed by atoms with Gasteiger partial charge in [0.05, 0.1) is 6.61 Å². The maximum absolute atomic E-state index is 11.2. The van der Waals surface area contributed by atoms with Crippen molar-refractivity contribution in [1.82, 2.24) is 0 Å². The molecule has 1 unspecified atom stereocenters. The fourth-order valence-corrected chi connectivity index (χ4v) is 2.18. The van der Waals surface area contributed by atoms with Gasteiger partial charge in [-0.05, 0) is 32.1 Å². The molecular weight excluding hydrogens is 179 g/mol. The number of esters is 1. The van der Waals surface area contributed by atoms with Crippen molar-refractivity contribution in [3.05, 3.63) is 10.5 Å². The molecule has 0 radical (unpaired) electrons. The molecule has 2 nitrogen and oxygen atoms in total. The summed E-state index contributed by atoms with van der Waals surface area (Å²) in [6, 6.07) is 0. The van der Waals surface area contributed by atoms with Gasteiger partial charge in [0.2, 0.25) is 0 Å². The van der Waals surface area contributed by atoms with E-state index < -0.39 is 0 Å². The Hall–Kier alpha value is -0.258. The molecule has 3 heteroatoms. The highest BCUT2D eigenvalue weighted by Gasteiger charge is 2.16. The number of carbonyl (C=O) groups is 1. The summed E-state index contributed by atoms with van der Waals surface area (Å²) in [5.41, 5.74) is 0. The maximum atomic E-state index is 11.2. The number of rotatable bonds is 3. The first-order chi connectivity index (χ1) is 6.22. The van der Waals surface area contributed by atoms with Gasteiger partial charge in [-0.1, -0.05) is 0 Å². The van der Waals surface area contributed by atoms with Crippen molar-refractivity contribution in [3.8, 4) is 0 Å². The van der Waals surface area contributed by atoms with Crippen LogP contribution in [0.3, 0.4) is 0 Å². The lowest BCUT2D eigenvalue weighted by Gasteiger charge is -2.19. The molecule has 0 saturated carbocycles. The van der Waals surface area contributed by atoms with Crippen molar-refractivity contribution in [2.45, 2.75) is 32.6 Å². The molecule has 72 valence electrons. The SMILES string of the molecule is CCOC(=O)CC1CC=[C]([AlH2])CC1. The van der Waals surface area contributed by atoms with Crippen LogP contribution in [0.4, 0.5) is 0 Å². The van der Waals surface area contributed by atoms with Gasteiger partial charge in [0, 0.05) is 6.42 Å². The monoisotopic (exact) mass is 196 g/mol. The second-order valence-corrected chi connectivity index (χ2v) is 4.98. The normalized spacial score (nSPS) is 22.2. The Labute approximate surface area is 87.8 Å². The minimum atomic E-state index is -0.0299.